The van der Waals surface area contributed by atoms with Gasteiger partial charge >= 0.3 is 0 Å². The third-order valence-corrected chi connectivity index (χ3v) is 6.65. The standard InChI is InChI=1S/C10H14ClNO3S2/c1-8-7-15-5-4-12(8)17(13,14)10-3-2-9(6-11)16-10/h2-3,8H,4-7H2,1H3. The zero-order valence-electron chi connectivity index (χ0n) is 9.43. The van der Waals surface area contributed by atoms with E-state index in [0.29, 0.717) is 29.8 Å². The van der Waals surface area contributed by atoms with E-state index in [2.05, 4.69) is 0 Å². The van der Waals surface area contributed by atoms with Crippen LogP contribution in [0.15, 0.2) is 16.3 Å². The van der Waals surface area contributed by atoms with Crippen molar-refractivity contribution in [3.05, 3.63) is 17.0 Å². The van der Waals surface area contributed by atoms with Crippen LogP contribution in [0.1, 0.15) is 11.8 Å². The molecule has 1 aromatic rings. The minimum absolute atomic E-state index is 0.115. The molecule has 0 radical (unpaired) electrons. The monoisotopic (exact) mass is 295 g/mol. The summed E-state index contributed by atoms with van der Waals surface area (Å²) in [7, 11) is -3.39. The average Bonchev–Trinajstić information content (AvgIpc) is 2.78. The minimum atomic E-state index is -3.39. The molecular formula is C10H14ClNO3S2. The molecule has 96 valence electrons. The van der Waals surface area contributed by atoms with E-state index in [9.17, 15) is 8.42 Å². The Bertz CT molecular complexity index is 485. The Hall–Kier alpha value is -0.140. The first-order chi connectivity index (χ1) is 8.05. The van der Waals surface area contributed by atoms with Crippen molar-refractivity contribution in [2.75, 3.05) is 19.8 Å². The zero-order valence-corrected chi connectivity index (χ0v) is 11.8. The molecule has 0 spiro atoms. The SMILES string of the molecule is CC1COCCN1S(=O)(=O)c1ccc(CCl)s1. The summed E-state index contributed by atoms with van der Waals surface area (Å²) in [6, 6.07) is 3.27. The zero-order chi connectivity index (χ0) is 12.5. The highest BCUT2D eigenvalue weighted by atomic mass is 35.5. The molecule has 1 fully saturated rings. The molecule has 0 amide bonds. The van der Waals surface area contributed by atoms with Crippen LogP contribution in [0.5, 0.6) is 0 Å². The van der Waals surface area contributed by atoms with Crippen LogP contribution in [0.3, 0.4) is 0 Å². The van der Waals surface area contributed by atoms with Crippen molar-refractivity contribution in [1.29, 1.82) is 0 Å². The summed E-state index contributed by atoms with van der Waals surface area (Å²) in [5, 5.41) is 0. The normalized spacial score (nSPS) is 22.8. The molecule has 0 N–H and O–H groups in total. The topological polar surface area (TPSA) is 46.6 Å². The lowest BCUT2D eigenvalue weighted by molar-refractivity contribution is 0.0393. The van der Waals surface area contributed by atoms with Crippen LogP contribution in [0, 0.1) is 0 Å². The quantitative estimate of drug-likeness (QED) is 0.800. The largest absolute Gasteiger partial charge is 0.378 e. The van der Waals surface area contributed by atoms with Crippen molar-refractivity contribution < 1.29 is 13.2 Å². The van der Waals surface area contributed by atoms with Gasteiger partial charge in [0, 0.05) is 17.5 Å². The van der Waals surface area contributed by atoms with Gasteiger partial charge in [0.25, 0.3) is 10.0 Å². The molecule has 1 atom stereocenters. The fourth-order valence-electron chi connectivity index (χ4n) is 1.75. The Labute approximate surface area is 110 Å². The molecule has 0 saturated carbocycles. The van der Waals surface area contributed by atoms with Gasteiger partial charge in [0.1, 0.15) is 4.21 Å². The van der Waals surface area contributed by atoms with E-state index < -0.39 is 10.0 Å². The van der Waals surface area contributed by atoms with Gasteiger partial charge in [0.15, 0.2) is 0 Å². The molecule has 2 rings (SSSR count). The average molecular weight is 296 g/mol. The minimum Gasteiger partial charge on any atom is -0.378 e. The smallest absolute Gasteiger partial charge is 0.252 e. The second kappa shape index (κ2) is 5.24. The second-order valence-corrected chi connectivity index (χ2v) is 7.45. The first kappa shape index (κ1) is 13.3. The van der Waals surface area contributed by atoms with Gasteiger partial charge in [-0.2, -0.15) is 4.31 Å². The summed E-state index contributed by atoms with van der Waals surface area (Å²) in [5.74, 6) is 0.346. The van der Waals surface area contributed by atoms with Gasteiger partial charge in [-0.1, -0.05) is 0 Å². The summed E-state index contributed by atoms with van der Waals surface area (Å²) in [5.41, 5.74) is 0. The summed E-state index contributed by atoms with van der Waals surface area (Å²) >= 11 is 6.92. The third-order valence-electron chi connectivity index (χ3n) is 2.64. The Balaban J connectivity index is 2.28. The molecule has 0 aromatic carbocycles. The molecule has 1 saturated heterocycles. The number of morpholine rings is 1. The van der Waals surface area contributed by atoms with Crippen LogP contribution in [-0.4, -0.2) is 38.5 Å². The summed E-state index contributed by atoms with van der Waals surface area (Å²) < 4.78 is 31.8. The van der Waals surface area contributed by atoms with Crippen LogP contribution in [0.4, 0.5) is 0 Å². The Kier molecular flexibility index (Phi) is 4.10. The highest BCUT2D eigenvalue weighted by molar-refractivity contribution is 7.91. The van der Waals surface area contributed by atoms with E-state index in [-0.39, 0.29) is 6.04 Å². The van der Waals surface area contributed by atoms with Crippen LogP contribution in [0.25, 0.3) is 0 Å². The van der Waals surface area contributed by atoms with Gasteiger partial charge < -0.3 is 4.74 Å². The molecule has 0 bridgehead atoms. The number of hydrogen-bond acceptors (Lipinski definition) is 4. The molecule has 4 nitrogen and oxygen atoms in total. The number of nitrogens with zero attached hydrogens (tertiary/aromatic N) is 1. The van der Waals surface area contributed by atoms with Gasteiger partial charge in [0.2, 0.25) is 0 Å². The predicted octanol–water partition coefficient (Wildman–Crippen LogP) is 1.90. The van der Waals surface area contributed by atoms with Crippen LogP contribution in [-0.2, 0) is 20.6 Å². The number of ether oxygens (including phenoxy) is 1. The fourth-order valence-corrected chi connectivity index (χ4v) is 4.94. The second-order valence-electron chi connectivity index (χ2n) is 3.89. The summed E-state index contributed by atoms with van der Waals surface area (Å²) in [6.45, 7) is 3.18. The fraction of sp³-hybridized carbons (Fsp3) is 0.600. The highest BCUT2D eigenvalue weighted by Gasteiger charge is 2.32. The Morgan fingerprint density at radius 3 is 2.94 bits per heavy atom. The Morgan fingerprint density at radius 2 is 2.35 bits per heavy atom. The summed E-state index contributed by atoms with van der Waals surface area (Å²) in [4.78, 5) is 0.867. The number of rotatable bonds is 3. The van der Waals surface area contributed by atoms with E-state index in [4.69, 9.17) is 16.3 Å². The maximum atomic E-state index is 12.4. The molecular weight excluding hydrogens is 282 g/mol. The van der Waals surface area contributed by atoms with Crippen molar-refractivity contribution in [2.24, 2.45) is 0 Å². The number of halogens is 1. The van der Waals surface area contributed by atoms with Crippen LogP contribution < -0.4 is 0 Å². The lowest BCUT2D eigenvalue weighted by Gasteiger charge is -2.31. The maximum Gasteiger partial charge on any atom is 0.252 e. The molecule has 1 unspecified atom stereocenters. The van der Waals surface area contributed by atoms with Gasteiger partial charge in [-0.25, -0.2) is 8.42 Å². The first-order valence-corrected chi connectivity index (χ1v) is 8.09. The lowest BCUT2D eigenvalue weighted by Crippen LogP contribution is -2.46. The van der Waals surface area contributed by atoms with E-state index >= 15 is 0 Å². The van der Waals surface area contributed by atoms with Crippen molar-refractivity contribution >= 4 is 33.0 Å². The van der Waals surface area contributed by atoms with Crippen LogP contribution >= 0.6 is 22.9 Å². The Morgan fingerprint density at radius 1 is 1.59 bits per heavy atom. The van der Waals surface area contributed by atoms with Gasteiger partial charge in [-0.15, -0.1) is 22.9 Å². The van der Waals surface area contributed by atoms with Crippen molar-refractivity contribution in [3.8, 4) is 0 Å². The van der Waals surface area contributed by atoms with E-state index in [0.717, 1.165) is 4.88 Å². The highest BCUT2D eigenvalue weighted by Crippen LogP contribution is 2.27. The molecule has 0 aliphatic carbocycles. The van der Waals surface area contributed by atoms with Gasteiger partial charge in [-0.05, 0) is 19.1 Å². The summed E-state index contributed by atoms with van der Waals surface area (Å²) in [6.07, 6.45) is 0. The maximum absolute atomic E-state index is 12.4. The third kappa shape index (κ3) is 2.66. The first-order valence-electron chi connectivity index (χ1n) is 5.30. The van der Waals surface area contributed by atoms with Crippen molar-refractivity contribution in [1.82, 2.24) is 4.31 Å². The van der Waals surface area contributed by atoms with Crippen LogP contribution in [0.2, 0.25) is 0 Å². The molecule has 1 aliphatic heterocycles. The molecule has 2 heterocycles. The predicted molar refractivity (Wildman–Crippen MR) is 68.0 cm³/mol. The van der Waals surface area contributed by atoms with E-state index in [1.807, 2.05) is 6.92 Å². The van der Waals surface area contributed by atoms with Gasteiger partial charge in [-0.3, -0.25) is 0 Å². The van der Waals surface area contributed by atoms with E-state index in [1.165, 1.54) is 15.6 Å². The molecule has 1 aliphatic rings. The molecule has 1 aromatic heterocycles. The lowest BCUT2D eigenvalue weighted by atomic mass is 10.3. The number of sulfonamides is 1. The van der Waals surface area contributed by atoms with Crippen molar-refractivity contribution in [3.63, 3.8) is 0 Å². The van der Waals surface area contributed by atoms with Crippen molar-refractivity contribution in [2.45, 2.75) is 23.1 Å². The molecule has 7 heteroatoms. The number of thiophene rings is 1. The number of hydrogen-bond donors (Lipinski definition) is 0. The van der Waals surface area contributed by atoms with Gasteiger partial charge in [0.05, 0.1) is 19.1 Å². The molecule has 17 heavy (non-hydrogen) atoms. The van der Waals surface area contributed by atoms with E-state index in [1.54, 1.807) is 12.1 Å². The number of alkyl halides is 1.